The zero-order valence-electron chi connectivity index (χ0n) is 15.1. The number of rotatable bonds is 7. The Labute approximate surface area is 145 Å². The van der Waals surface area contributed by atoms with E-state index in [0.717, 1.165) is 19.3 Å². The van der Waals surface area contributed by atoms with E-state index in [1.807, 2.05) is 0 Å². The third-order valence-corrected chi connectivity index (χ3v) is 7.43. The van der Waals surface area contributed by atoms with E-state index in [1.54, 1.807) is 32.4 Å². The Bertz CT molecular complexity index is 581. The Morgan fingerprint density at radius 2 is 1.67 bits per heavy atom. The van der Waals surface area contributed by atoms with Gasteiger partial charge in [0.1, 0.15) is 23.2 Å². The van der Waals surface area contributed by atoms with E-state index in [-0.39, 0.29) is 5.78 Å². The van der Waals surface area contributed by atoms with Crippen LogP contribution in [0.3, 0.4) is 0 Å². The first-order valence-corrected chi connectivity index (χ1v) is 10.1. The molecule has 0 aromatic heterocycles. The number of methoxy groups -OCH3 is 2. The van der Waals surface area contributed by atoms with Gasteiger partial charge in [0.2, 0.25) is 10.9 Å². The molecular formula is C19H28O4P+. The van der Waals surface area contributed by atoms with Gasteiger partial charge in [-0.1, -0.05) is 30.9 Å². The Kier molecular flexibility index (Phi) is 6.40. The molecule has 1 aliphatic carbocycles. The maximum Gasteiger partial charge on any atom is 0.353 e. The normalized spacial score (nSPS) is 17.5. The van der Waals surface area contributed by atoms with Crippen LogP contribution in [-0.4, -0.2) is 31.3 Å². The Hall–Kier alpha value is -1.41. The number of carbonyl (C=O) groups is 1. The van der Waals surface area contributed by atoms with Gasteiger partial charge in [-0.15, -0.1) is 0 Å². The molecule has 5 heteroatoms. The summed E-state index contributed by atoms with van der Waals surface area (Å²) in [5.74, 6) is 1.23. The van der Waals surface area contributed by atoms with Crippen LogP contribution in [-0.2, 0) is 4.57 Å². The summed E-state index contributed by atoms with van der Waals surface area (Å²) < 4.78 is 24.0. The summed E-state index contributed by atoms with van der Waals surface area (Å²) in [5, 5.41) is -0.778. The first-order valence-electron chi connectivity index (χ1n) is 8.67. The standard InChI is InChI=1S/C19H28O4P/c1-14(2)13-24(21)19(11-6-5-7-12-19)18(20)17-15(22-3)9-8-10-16(17)23-4/h8-10,14H,5-7,11-13H2,1-4H3/q+1. The molecule has 1 unspecified atom stereocenters. The van der Waals surface area contributed by atoms with Gasteiger partial charge in [0.15, 0.2) is 0 Å². The van der Waals surface area contributed by atoms with Crippen molar-refractivity contribution in [1.29, 1.82) is 0 Å². The SMILES string of the molecule is COc1cccc(OC)c1C(=O)C1([P+](=O)CC(C)C)CCCCC1. The van der Waals surface area contributed by atoms with Gasteiger partial charge in [-0.05, 0) is 30.9 Å². The molecule has 24 heavy (non-hydrogen) atoms. The predicted octanol–water partition coefficient (Wildman–Crippen LogP) is 5.07. The zero-order valence-corrected chi connectivity index (χ0v) is 16.0. The Balaban J connectivity index is 2.51. The average molecular weight is 351 g/mol. The quantitative estimate of drug-likeness (QED) is 0.508. The molecule has 1 fully saturated rings. The zero-order chi connectivity index (χ0) is 17.7. The van der Waals surface area contributed by atoms with Gasteiger partial charge in [0.05, 0.1) is 14.2 Å². The maximum absolute atomic E-state index is 13.6. The average Bonchev–Trinajstić information content (AvgIpc) is 2.60. The minimum Gasteiger partial charge on any atom is -0.496 e. The second-order valence-corrected chi connectivity index (χ2v) is 8.89. The third-order valence-electron chi connectivity index (χ3n) is 4.77. The lowest BCUT2D eigenvalue weighted by atomic mass is 9.82. The van der Waals surface area contributed by atoms with Crippen LogP contribution in [0.5, 0.6) is 11.5 Å². The smallest absolute Gasteiger partial charge is 0.353 e. The summed E-state index contributed by atoms with van der Waals surface area (Å²) in [5.41, 5.74) is 0.441. The molecule has 0 heterocycles. The van der Waals surface area contributed by atoms with Gasteiger partial charge in [0, 0.05) is 12.8 Å². The van der Waals surface area contributed by atoms with Crippen molar-refractivity contribution in [3.8, 4) is 11.5 Å². The highest BCUT2D eigenvalue weighted by molar-refractivity contribution is 7.48. The molecule has 0 bridgehead atoms. The second kappa shape index (κ2) is 8.11. The van der Waals surface area contributed by atoms with Crippen LogP contribution in [0.25, 0.3) is 0 Å². The molecule has 0 spiro atoms. The van der Waals surface area contributed by atoms with Crippen molar-refractivity contribution in [2.24, 2.45) is 5.92 Å². The highest BCUT2D eigenvalue weighted by Gasteiger charge is 2.56. The van der Waals surface area contributed by atoms with Gasteiger partial charge < -0.3 is 9.47 Å². The summed E-state index contributed by atoms with van der Waals surface area (Å²) in [6, 6.07) is 5.33. The molecule has 4 nitrogen and oxygen atoms in total. The van der Waals surface area contributed by atoms with Gasteiger partial charge in [-0.3, -0.25) is 4.79 Å². The van der Waals surface area contributed by atoms with Crippen molar-refractivity contribution >= 4 is 13.6 Å². The van der Waals surface area contributed by atoms with E-state index in [9.17, 15) is 9.36 Å². The van der Waals surface area contributed by atoms with Crippen molar-refractivity contribution in [3.05, 3.63) is 23.8 Å². The van der Waals surface area contributed by atoms with Crippen LogP contribution < -0.4 is 9.47 Å². The van der Waals surface area contributed by atoms with E-state index in [0.29, 0.717) is 42.0 Å². The lowest BCUT2D eigenvalue weighted by molar-refractivity contribution is 0.0906. The molecule has 1 aromatic rings. The molecular weight excluding hydrogens is 323 g/mol. The topological polar surface area (TPSA) is 52.6 Å². The lowest BCUT2D eigenvalue weighted by Gasteiger charge is -2.28. The molecule has 0 saturated heterocycles. The minimum atomic E-state index is -1.63. The molecule has 1 atom stereocenters. The van der Waals surface area contributed by atoms with E-state index < -0.39 is 13.0 Å². The number of benzene rings is 1. The highest BCUT2D eigenvalue weighted by atomic mass is 31.1. The van der Waals surface area contributed by atoms with Crippen molar-refractivity contribution in [2.45, 2.75) is 51.1 Å². The summed E-state index contributed by atoms with van der Waals surface area (Å²) in [4.78, 5) is 13.6. The number of carbonyl (C=O) groups excluding carboxylic acids is 1. The van der Waals surface area contributed by atoms with Crippen molar-refractivity contribution in [3.63, 3.8) is 0 Å². The number of ketones is 1. The largest absolute Gasteiger partial charge is 0.496 e. The maximum atomic E-state index is 13.6. The number of hydrogen-bond acceptors (Lipinski definition) is 4. The van der Waals surface area contributed by atoms with Crippen LogP contribution in [0.2, 0.25) is 0 Å². The molecule has 132 valence electrons. The first-order chi connectivity index (χ1) is 11.5. The van der Waals surface area contributed by atoms with Crippen molar-refractivity contribution in [1.82, 2.24) is 0 Å². The van der Waals surface area contributed by atoms with Crippen LogP contribution in [0.15, 0.2) is 18.2 Å². The fourth-order valence-corrected chi connectivity index (χ4v) is 5.71. The highest BCUT2D eigenvalue weighted by Crippen LogP contribution is 2.53. The van der Waals surface area contributed by atoms with Gasteiger partial charge in [-0.25, -0.2) is 0 Å². The summed E-state index contributed by atoms with van der Waals surface area (Å²) in [6.07, 6.45) is 4.95. The molecule has 1 aromatic carbocycles. The number of ether oxygens (including phenoxy) is 2. The molecule has 0 N–H and O–H groups in total. The number of hydrogen-bond donors (Lipinski definition) is 0. The van der Waals surface area contributed by atoms with E-state index in [1.165, 1.54) is 0 Å². The van der Waals surface area contributed by atoms with Gasteiger partial charge in [-0.2, -0.15) is 0 Å². The van der Waals surface area contributed by atoms with Gasteiger partial charge >= 0.3 is 7.80 Å². The molecule has 1 aliphatic rings. The Morgan fingerprint density at radius 3 is 2.12 bits per heavy atom. The minimum absolute atomic E-state index is 0.0711. The van der Waals surface area contributed by atoms with E-state index in [4.69, 9.17) is 9.47 Å². The molecule has 0 radical (unpaired) electrons. The van der Waals surface area contributed by atoms with E-state index >= 15 is 0 Å². The molecule has 0 amide bonds. The lowest BCUT2D eigenvalue weighted by Crippen LogP contribution is -2.38. The van der Waals surface area contributed by atoms with Crippen LogP contribution >= 0.6 is 7.80 Å². The van der Waals surface area contributed by atoms with Crippen LogP contribution in [0.4, 0.5) is 0 Å². The predicted molar refractivity (Wildman–Crippen MR) is 97.0 cm³/mol. The van der Waals surface area contributed by atoms with Crippen LogP contribution in [0, 0.1) is 5.92 Å². The Morgan fingerprint density at radius 1 is 1.12 bits per heavy atom. The molecule has 1 saturated carbocycles. The van der Waals surface area contributed by atoms with Crippen molar-refractivity contribution in [2.75, 3.05) is 20.4 Å². The second-order valence-electron chi connectivity index (χ2n) is 6.91. The fourth-order valence-electron chi connectivity index (χ4n) is 3.54. The molecule has 0 aliphatic heterocycles. The monoisotopic (exact) mass is 351 g/mol. The van der Waals surface area contributed by atoms with Gasteiger partial charge in [0.25, 0.3) is 0 Å². The summed E-state index contributed by atoms with van der Waals surface area (Å²) >= 11 is 0. The summed E-state index contributed by atoms with van der Waals surface area (Å²) in [7, 11) is 1.47. The summed E-state index contributed by atoms with van der Waals surface area (Å²) in [6.45, 7) is 4.11. The fraction of sp³-hybridized carbons (Fsp3) is 0.632. The van der Waals surface area contributed by atoms with Crippen molar-refractivity contribution < 1.29 is 18.8 Å². The third kappa shape index (κ3) is 3.64. The van der Waals surface area contributed by atoms with Crippen LogP contribution in [0.1, 0.15) is 56.3 Å². The number of Topliss-reactive ketones (excluding diaryl/α,β-unsaturated/α-hetero) is 1. The molecule has 2 rings (SSSR count). The first kappa shape index (κ1) is 18.9. The van der Waals surface area contributed by atoms with E-state index in [2.05, 4.69) is 13.8 Å².